The Bertz CT molecular complexity index is 682. The van der Waals surface area contributed by atoms with E-state index in [2.05, 4.69) is 28.4 Å². The SMILES string of the molecule is Cl.Cl.Oc1ccc([C@H](C2CCCC2)N2CCNCC2)c2ccccc12. The molecule has 0 spiro atoms. The number of nitrogens with one attached hydrogen (secondary N) is 1. The Kier molecular flexibility index (Phi) is 7.38. The molecule has 2 aliphatic rings. The average molecular weight is 383 g/mol. The predicted octanol–water partition coefficient (Wildman–Crippen LogP) is 4.53. The number of benzene rings is 2. The molecule has 1 aliphatic heterocycles. The van der Waals surface area contributed by atoms with Crippen LogP contribution in [0.2, 0.25) is 0 Å². The van der Waals surface area contributed by atoms with Crippen molar-refractivity contribution in [2.75, 3.05) is 26.2 Å². The van der Waals surface area contributed by atoms with Crippen LogP contribution in [0.3, 0.4) is 0 Å². The molecule has 3 nitrogen and oxygen atoms in total. The predicted molar refractivity (Wildman–Crippen MR) is 109 cm³/mol. The minimum absolute atomic E-state index is 0. The van der Waals surface area contributed by atoms with Gasteiger partial charge in [0.25, 0.3) is 0 Å². The molecule has 1 atom stereocenters. The van der Waals surface area contributed by atoms with Gasteiger partial charge in [0.15, 0.2) is 0 Å². The van der Waals surface area contributed by atoms with Gasteiger partial charge in [-0.2, -0.15) is 0 Å². The van der Waals surface area contributed by atoms with E-state index < -0.39 is 0 Å². The number of aromatic hydroxyl groups is 1. The zero-order valence-electron chi connectivity index (χ0n) is 14.5. The molecule has 5 heteroatoms. The lowest BCUT2D eigenvalue weighted by atomic mass is 9.86. The number of piperazine rings is 1. The van der Waals surface area contributed by atoms with Crippen LogP contribution in [0, 0.1) is 5.92 Å². The largest absolute Gasteiger partial charge is 0.507 e. The molecule has 0 amide bonds. The highest BCUT2D eigenvalue weighted by atomic mass is 35.5. The Labute approximate surface area is 162 Å². The summed E-state index contributed by atoms with van der Waals surface area (Å²) < 4.78 is 0. The van der Waals surface area contributed by atoms with Gasteiger partial charge in [-0.05, 0) is 35.8 Å². The second kappa shape index (κ2) is 9.09. The summed E-state index contributed by atoms with van der Waals surface area (Å²) in [6.45, 7) is 4.41. The normalized spacial score (nSPS) is 20.0. The van der Waals surface area contributed by atoms with Crippen molar-refractivity contribution in [2.24, 2.45) is 5.92 Å². The standard InChI is InChI=1S/C20H26N2O.2ClH/c23-19-10-9-18(16-7-3-4-8-17(16)19)20(15-5-1-2-6-15)22-13-11-21-12-14-22;;/h3-4,7-10,15,20-21,23H,1-2,5-6,11-14H2;2*1H/t20-;;/m0../s1. The van der Waals surface area contributed by atoms with Crippen LogP contribution >= 0.6 is 24.8 Å². The fourth-order valence-electron chi connectivity index (χ4n) is 4.55. The van der Waals surface area contributed by atoms with Crippen molar-refractivity contribution in [3.05, 3.63) is 42.0 Å². The van der Waals surface area contributed by atoms with Crippen LogP contribution < -0.4 is 5.32 Å². The molecule has 0 aromatic heterocycles. The number of rotatable bonds is 3. The molecule has 0 bridgehead atoms. The number of phenols is 1. The van der Waals surface area contributed by atoms with E-state index in [0.717, 1.165) is 37.5 Å². The summed E-state index contributed by atoms with van der Waals surface area (Å²) >= 11 is 0. The van der Waals surface area contributed by atoms with Gasteiger partial charge in [0.2, 0.25) is 0 Å². The summed E-state index contributed by atoms with van der Waals surface area (Å²) in [6.07, 6.45) is 5.40. The molecule has 2 N–H and O–H groups in total. The van der Waals surface area contributed by atoms with Crippen molar-refractivity contribution >= 4 is 35.6 Å². The third-order valence-corrected chi connectivity index (χ3v) is 5.64. The first-order valence-electron chi connectivity index (χ1n) is 9.00. The van der Waals surface area contributed by atoms with Crippen molar-refractivity contribution in [3.63, 3.8) is 0 Å². The van der Waals surface area contributed by atoms with Gasteiger partial charge in [-0.1, -0.05) is 43.2 Å². The van der Waals surface area contributed by atoms with Crippen LogP contribution in [0.15, 0.2) is 36.4 Å². The number of hydrogen-bond acceptors (Lipinski definition) is 3. The van der Waals surface area contributed by atoms with Gasteiger partial charge in [0.05, 0.1) is 0 Å². The molecule has 2 fully saturated rings. The van der Waals surface area contributed by atoms with E-state index in [1.54, 1.807) is 0 Å². The summed E-state index contributed by atoms with van der Waals surface area (Å²) in [5.74, 6) is 1.15. The maximum Gasteiger partial charge on any atom is 0.123 e. The summed E-state index contributed by atoms with van der Waals surface area (Å²) in [7, 11) is 0. The average Bonchev–Trinajstić information content (AvgIpc) is 3.13. The van der Waals surface area contributed by atoms with Crippen LogP contribution in [0.5, 0.6) is 5.75 Å². The smallest absolute Gasteiger partial charge is 0.123 e. The maximum atomic E-state index is 10.2. The molecule has 1 saturated heterocycles. The number of hydrogen-bond donors (Lipinski definition) is 2. The fourth-order valence-corrected chi connectivity index (χ4v) is 4.55. The van der Waals surface area contributed by atoms with E-state index in [-0.39, 0.29) is 24.8 Å². The van der Waals surface area contributed by atoms with Crippen LogP contribution in [0.4, 0.5) is 0 Å². The third kappa shape index (κ3) is 4.06. The Hall–Kier alpha value is -1.00. The molecule has 2 aromatic rings. The highest BCUT2D eigenvalue weighted by Crippen LogP contribution is 2.43. The molecule has 2 aromatic carbocycles. The Morgan fingerprint density at radius 3 is 2.24 bits per heavy atom. The van der Waals surface area contributed by atoms with E-state index in [0.29, 0.717) is 11.8 Å². The second-order valence-corrected chi connectivity index (χ2v) is 6.99. The van der Waals surface area contributed by atoms with Gasteiger partial charge in [0, 0.05) is 37.6 Å². The van der Waals surface area contributed by atoms with Gasteiger partial charge in [-0.3, -0.25) is 4.90 Å². The van der Waals surface area contributed by atoms with Crippen LogP contribution in [0.25, 0.3) is 10.8 Å². The van der Waals surface area contributed by atoms with Crippen LogP contribution in [-0.4, -0.2) is 36.2 Å². The van der Waals surface area contributed by atoms with Crippen molar-refractivity contribution in [3.8, 4) is 5.75 Å². The van der Waals surface area contributed by atoms with E-state index in [4.69, 9.17) is 0 Å². The highest BCUT2D eigenvalue weighted by Gasteiger charge is 2.32. The van der Waals surface area contributed by atoms with Crippen molar-refractivity contribution in [2.45, 2.75) is 31.7 Å². The monoisotopic (exact) mass is 382 g/mol. The fraction of sp³-hybridized carbons (Fsp3) is 0.500. The van der Waals surface area contributed by atoms with Gasteiger partial charge in [-0.15, -0.1) is 24.8 Å². The summed E-state index contributed by atoms with van der Waals surface area (Å²) in [5.41, 5.74) is 1.41. The topological polar surface area (TPSA) is 35.5 Å². The lowest BCUT2D eigenvalue weighted by Gasteiger charge is -2.39. The van der Waals surface area contributed by atoms with Gasteiger partial charge in [-0.25, -0.2) is 0 Å². The molecular formula is C20H28Cl2N2O. The minimum atomic E-state index is 0. The molecule has 1 saturated carbocycles. The molecule has 1 aliphatic carbocycles. The first-order valence-corrected chi connectivity index (χ1v) is 9.00. The van der Waals surface area contributed by atoms with E-state index in [1.807, 2.05) is 18.2 Å². The number of nitrogens with zero attached hydrogens (tertiary/aromatic N) is 1. The first-order chi connectivity index (χ1) is 11.3. The van der Waals surface area contributed by atoms with Crippen molar-refractivity contribution in [1.82, 2.24) is 10.2 Å². The van der Waals surface area contributed by atoms with Gasteiger partial charge in [0.1, 0.15) is 5.75 Å². The molecular weight excluding hydrogens is 355 g/mol. The van der Waals surface area contributed by atoms with Gasteiger partial charge < -0.3 is 10.4 Å². The third-order valence-electron chi connectivity index (χ3n) is 5.64. The lowest BCUT2D eigenvalue weighted by Crippen LogP contribution is -2.46. The van der Waals surface area contributed by atoms with E-state index in [9.17, 15) is 5.11 Å². The van der Waals surface area contributed by atoms with Crippen LogP contribution in [-0.2, 0) is 0 Å². The summed E-state index contributed by atoms with van der Waals surface area (Å²) in [5, 5.41) is 15.9. The highest BCUT2D eigenvalue weighted by molar-refractivity contribution is 5.91. The number of fused-ring (bicyclic) bond motifs is 1. The molecule has 1 heterocycles. The molecule has 0 unspecified atom stereocenters. The quantitative estimate of drug-likeness (QED) is 0.818. The summed E-state index contributed by atoms with van der Waals surface area (Å²) in [6, 6.07) is 12.9. The Morgan fingerprint density at radius 2 is 1.56 bits per heavy atom. The van der Waals surface area contributed by atoms with E-state index >= 15 is 0 Å². The zero-order valence-corrected chi connectivity index (χ0v) is 16.1. The van der Waals surface area contributed by atoms with Crippen LogP contribution in [0.1, 0.15) is 37.3 Å². The lowest BCUT2D eigenvalue weighted by molar-refractivity contribution is 0.126. The molecule has 0 radical (unpaired) electrons. The Morgan fingerprint density at radius 1 is 0.920 bits per heavy atom. The van der Waals surface area contributed by atoms with Crippen molar-refractivity contribution in [1.29, 1.82) is 0 Å². The van der Waals surface area contributed by atoms with E-state index in [1.165, 1.54) is 36.6 Å². The minimum Gasteiger partial charge on any atom is -0.507 e. The number of phenolic OH excluding ortho intramolecular Hbond substituents is 1. The molecule has 4 rings (SSSR count). The summed E-state index contributed by atoms with van der Waals surface area (Å²) in [4.78, 5) is 2.67. The number of halogens is 2. The molecule has 138 valence electrons. The maximum absolute atomic E-state index is 10.2. The second-order valence-electron chi connectivity index (χ2n) is 6.99. The zero-order chi connectivity index (χ0) is 15.6. The molecule has 25 heavy (non-hydrogen) atoms. The van der Waals surface area contributed by atoms with Crippen molar-refractivity contribution < 1.29 is 5.11 Å². The van der Waals surface area contributed by atoms with Gasteiger partial charge >= 0.3 is 0 Å². The Balaban J connectivity index is 0.00000113. The first kappa shape index (κ1) is 20.3.